The Hall–Kier alpha value is -0.123. The molecule has 0 amide bonds. The van der Waals surface area contributed by atoms with Crippen LogP contribution in [0.4, 0.5) is 0 Å². The van der Waals surface area contributed by atoms with Crippen molar-refractivity contribution in [3.8, 4) is 0 Å². The number of rotatable bonds is 1. The summed E-state index contributed by atoms with van der Waals surface area (Å²) in [6.07, 6.45) is 0. The molecule has 2 rings (SSSR count). The van der Waals surface area contributed by atoms with Crippen LogP contribution < -0.4 is 4.50 Å². The molecule has 2 aromatic rings. The summed E-state index contributed by atoms with van der Waals surface area (Å²) in [5, 5.41) is 1.42. The van der Waals surface area contributed by atoms with E-state index in [9.17, 15) is 0 Å². The van der Waals surface area contributed by atoms with Gasteiger partial charge >= 0.3 is 0 Å². The molecule has 3 heteroatoms. The summed E-state index contributed by atoms with van der Waals surface area (Å²) in [5.41, 5.74) is 1.50. The molecule has 0 nitrogen and oxygen atoms in total. The second-order valence-corrected chi connectivity index (χ2v) is 12.3. The zero-order chi connectivity index (χ0) is 11.2. The van der Waals surface area contributed by atoms with E-state index in [2.05, 4.69) is 60.7 Å². The fourth-order valence-corrected chi connectivity index (χ4v) is 6.03. The van der Waals surface area contributed by atoms with Crippen molar-refractivity contribution in [2.24, 2.45) is 0 Å². The van der Waals surface area contributed by atoms with E-state index in [1.165, 1.54) is 20.1 Å². The molecule has 0 aliphatic heterocycles. The topological polar surface area (TPSA) is 0 Å². The van der Waals surface area contributed by atoms with Crippen molar-refractivity contribution in [2.75, 3.05) is 0 Å². The monoisotopic (exact) mass is 298 g/mol. The highest BCUT2D eigenvalue weighted by atomic mass is 79.9. The molecule has 80 valence electrons. The van der Waals surface area contributed by atoms with Crippen molar-refractivity contribution >= 4 is 49.9 Å². The van der Waals surface area contributed by atoms with E-state index in [4.69, 9.17) is 0 Å². The Morgan fingerprint density at radius 3 is 2.47 bits per heavy atom. The zero-order valence-electron chi connectivity index (χ0n) is 9.52. The third-order valence-electron chi connectivity index (χ3n) is 2.58. The highest BCUT2D eigenvalue weighted by molar-refractivity contribution is 9.10. The highest BCUT2D eigenvalue weighted by Crippen LogP contribution is 2.28. The SMILES string of the molecule is Cc1c([Si](C)(C)C)sc2ccc(Br)cc12. The molecule has 15 heavy (non-hydrogen) atoms. The maximum atomic E-state index is 3.54. The summed E-state index contributed by atoms with van der Waals surface area (Å²) in [5.74, 6) is 0. The van der Waals surface area contributed by atoms with Crippen molar-refractivity contribution in [2.45, 2.75) is 26.6 Å². The number of halogens is 1. The second-order valence-electron chi connectivity index (χ2n) is 4.95. The van der Waals surface area contributed by atoms with Crippen LogP contribution >= 0.6 is 27.3 Å². The van der Waals surface area contributed by atoms with Gasteiger partial charge in [0.1, 0.15) is 0 Å². The van der Waals surface area contributed by atoms with Gasteiger partial charge in [-0.3, -0.25) is 0 Å². The standard InChI is InChI=1S/C12H15BrSSi/c1-8-10-7-9(13)5-6-11(10)14-12(8)15(2,3)4/h5-7H,1-4H3. The predicted molar refractivity (Wildman–Crippen MR) is 77.2 cm³/mol. The van der Waals surface area contributed by atoms with Crippen LogP contribution in [0.1, 0.15) is 5.56 Å². The van der Waals surface area contributed by atoms with Crippen molar-refractivity contribution in [1.29, 1.82) is 0 Å². The van der Waals surface area contributed by atoms with Crippen LogP contribution in [0.25, 0.3) is 10.1 Å². The first-order chi connectivity index (χ1) is 6.89. The first-order valence-corrected chi connectivity index (χ1v) is 10.2. The number of fused-ring (bicyclic) bond motifs is 1. The summed E-state index contributed by atoms with van der Waals surface area (Å²) in [4.78, 5) is 0. The summed E-state index contributed by atoms with van der Waals surface area (Å²) >= 11 is 5.52. The van der Waals surface area contributed by atoms with Crippen LogP contribution in [0.15, 0.2) is 22.7 Å². The van der Waals surface area contributed by atoms with Crippen LogP contribution in [0.3, 0.4) is 0 Å². The maximum absolute atomic E-state index is 3.54. The Labute approximate surface area is 104 Å². The highest BCUT2D eigenvalue weighted by Gasteiger charge is 2.22. The zero-order valence-corrected chi connectivity index (χ0v) is 12.9. The van der Waals surface area contributed by atoms with Crippen LogP contribution in [-0.2, 0) is 0 Å². The van der Waals surface area contributed by atoms with Gasteiger partial charge in [-0.2, -0.15) is 0 Å². The number of benzene rings is 1. The van der Waals surface area contributed by atoms with Gasteiger partial charge in [-0.05, 0) is 40.6 Å². The lowest BCUT2D eigenvalue weighted by molar-refractivity contribution is 1.59. The van der Waals surface area contributed by atoms with Crippen molar-refractivity contribution in [1.82, 2.24) is 0 Å². The summed E-state index contributed by atoms with van der Waals surface area (Å²) < 4.78 is 4.24. The molecule has 0 aliphatic rings. The predicted octanol–water partition coefficient (Wildman–Crippen LogP) is 4.52. The minimum atomic E-state index is -1.18. The van der Waals surface area contributed by atoms with Gasteiger partial charge in [0.25, 0.3) is 0 Å². The van der Waals surface area contributed by atoms with Crippen LogP contribution in [0.5, 0.6) is 0 Å². The molecule has 0 N–H and O–H groups in total. The van der Waals surface area contributed by atoms with Gasteiger partial charge in [-0.15, -0.1) is 11.3 Å². The number of hydrogen-bond acceptors (Lipinski definition) is 1. The van der Waals surface area contributed by atoms with Gasteiger partial charge in [0.2, 0.25) is 0 Å². The van der Waals surface area contributed by atoms with Gasteiger partial charge in [0, 0.05) is 9.17 Å². The Kier molecular flexibility index (Phi) is 2.82. The molecule has 0 atom stereocenters. The molecule has 0 fully saturated rings. The molecule has 0 radical (unpaired) electrons. The molecule has 0 saturated carbocycles. The van der Waals surface area contributed by atoms with E-state index in [0.717, 1.165) is 0 Å². The molecule has 0 unspecified atom stereocenters. The Morgan fingerprint density at radius 2 is 1.87 bits per heavy atom. The molecule has 1 aromatic heterocycles. The van der Waals surface area contributed by atoms with E-state index >= 15 is 0 Å². The smallest absolute Gasteiger partial charge is 0.0908 e. The number of hydrogen-bond donors (Lipinski definition) is 0. The van der Waals surface area contributed by atoms with E-state index < -0.39 is 8.07 Å². The lowest BCUT2D eigenvalue weighted by atomic mass is 10.2. The molecule has 1 aromatic carbocycles. The van der Waals surface area contributed by atoms with Crippen LogP contribution in [-0.4, -0.2) is 8.07 Å². The Balaban J connectivity index is 2.76. The molecule has 1 heterocycles. The minimum absolute atomic E-state index is 1.18. The van der Waals surface area contributed by atoms with Crippen molar-refractivity contribution in [3.63, 3.8) is 0 Å². The molecular formula is C12H15BrSSi. The van der Waals surface area contributed by atoms with E-state index in [0.29, 0.717) is 0 Å². The van der Waals surface area contributed by atoms with Crippen LogP contribution in [0.2, 0.25) is 19.6 Å². The van der Waals surface area contributed by atoms with E-state index in [1.54, 1.807) is 4.50 Å². The Bertz CT molecular complexity index is 508. The summed E-state index contributed by atoms with van der Waals surface area (Å²) in [6.45, 7) is 9.51. The fraction of sp³-hybridized carbons (Fsp3) is 0.333. The average molecular weight is 299 g/mol. The lowest BCUT2D eigenvalue weighted by Gasteiger charge is -2.14. The lowest BCUT2D eigenvalue weighted by Crippen LogP contribution is -2.36. The largest absolute Gasteiger partial charge is 0.145 e. The molecule has 0 aliphatic carbocycles. The van der Waals surface area contributed by atoms with E-state index in [-0.39, 0.29) is 0 Å². The third-order valence-corrected chi connectivity index (χ3v) is 8.04. The molecule has 0 saturated heterocycles. The maximum Gasteiger partial charge on any atom is 0.0908 e. The number of thiophene rings is 1. The molecule has 0 bridgehead atoms. The third kappa shape index (κ3) is 2.05. The average Bonchev–Trinajstić information content (AvgIpc) is 2.43. The van der Waals surface area contributed by atoms with Gasteiger partial charge in [-0.1, -0.05) is 35.6 Å². The van der Waals surface area contributed by atoms with Gasteiger partial charge in [-0.25, -0.2) is 0 Å². The minimum Gasteiger partial charge on any atom is -0.145 e. The van der Waals surface area contributed by atoms with Crippen molar-refractivity contribution in [3.05, 3.63) is 28.2 Å². The van der Waals surface area contributed by atoms with Gasteiger partial charge < -0.3 is 0 Å². The summed E-state index contributed by atoms with van der Waals surface area (Å²) in [6, 6.07) is 6.60. The quantitative estimate of drug-likeness (QED) is 0.679. The van der Waals surface area contributed by atoms with Crippen LogP contribution in [0, 0.1) is 6.92 Å². The fourth-order valence-electron chi connectivity index (χ4n) is 1.91. The van der Waals surface area contributed by atoms with Gasteiger partial charge in [0.05, 0.1) is 8.07 Å². The Morgan fingerprint density at radius 1 is 1.20 bits per heavy atom. The van der Waals surface area contributed by atoms with Crippen molar-refractivity contribution < 1.29 is 0 Å². The van der Waals surface area contributed by atoms with E-state index in [1.807, 2.05) is 11.3 Å². The summed E-state index contributed by atoms with van der Waals surface area (Å²) in [7, 11) is -1.18. The second kappa shape index (κ2) is 3.72. The normalized spacial score (nSPS) is 12.3. The van der Waals surface area contributed by atoms with Gasteiger partial charge in [0.15, 0.2) is 0 Å². The molecular weight excluding hydrogens is 284 g/mol. The first kappa shape index (κ1) is 11.4. The first-order valence-electron chi connectivity index (χ1n) is 5.09. The molecule has 0 spiro atoms. The number of aryl methyl sites for hydroxylation is 1.